The maximum absolute atomic E-state index is 12.3. The van der Waals surface area contributed by atoms with E-state index in [0.29, 0.717) is 5.75 Å². The van der Waals surface area contributed by atoms with Gasteiger partial charge in [-0.25, -0.2) is 0 Å². The molecule has 0 aliphatic heterocycles. The minimum Gasteiger partial charge on any atom is -0.481 e. The van der Waals surface area contributed by atoms with Gasteiger partial charge in [0.25, 0.3) is 5.91 Å². The van der Waals surface area contributed by atoms with Crippen LogP contribution in [0.1, 0.15) is 30.5 Å². The highest BCUT2D eigenvalue weighted by molar-refractivity contribution is 5.80. The number of nitrogens with one attached hydrogen (secondary N) is 1. The fraction of sp³-hybridized carbons (Fsp3) is 0.350. The first-order valence-electron chi connectivity index (χ1n) is 8.10. The normalized spacial score (nSPS) is 14.5. The van der Waals surface area contributed by atoms with E-state index in [2.05, 4.69) is 5.32 Å². The molecule has 0 bridgehead atoms. The van der Waals surface area contributed by atoms with Crippen LogP contribution in [0.3, 0.4) is 0 Å². The first kappa shape index (κ1) is 18.0. The average Bonchev–Trinajstić information content (AvgIpc) is 2.57. The number of aryl methyl sites for hydroxylation is 1. The monoisotopic (exact) mass is 327 g/mol. The van der Waals surface area contributed by atoms with Gasteiger partial charge in [0, 0.05) is 0 Å². The third-order valence-corrected chi connectivity index (χ3v) is 4.23. The van der Waals surface area contributed by atoms with Gasteiger partial charge in [0.2, 0.25) is 0 Å². The number of carbonyl (C=O) groups is 1. The van der Waals surface area contributed by atoms with Gasteiger partial charge in [0.1, 0.15) is 11.4 Å². The Morgan fingerprint density at radius 1 is 1.17 bits per heavy atom. The van der Waals surface area contributed by atoms with Crippen LogP contribution in [0.15, 0.2) is 48.5 Å². The second-order valence-electron chi connectivity index (χ2n) is 6.32. The molecule has 24 heavy (non-hydrogen) atoms. The van der Waals surface area contributed by atoms with Crippen molar-refractivity contribution in [2.45, 2.75) is 39.4 Å². The topological polar surface area (TPSA) is 58.6 Å². The van der Waals surface area contributed by atoms with Gasteiger partial charge in [-0.1, -0.05) is 42.5 Å². The molecule has 2 aromatic rings. The number of hydrogen-bond donors (Lipinski definition) is 2. The van der Waals surface area contributed by atoms with Gasteiger partial charge in [-0.3, -0.25) is 4.79 Å². The fourth-order valence-corrected chi connectivity index (χ4v) is 2.40. The highest BCUT2D eigenvalue weighted by Gasteiger charge is 2.25. The van der Waals surface area contributed by atoms with Crippen molar-refractivity contribution < 1.29 is 14.6 Å². The highest BCUT2D eigenvalue weighted by Crippen LogP contribution is 2.22. The molecule has 2 rings (SSSR count). The Balaban J connectivity index is 1.96. The molecule has 128 valence electrons. The molecule has 2 N–H and O–H groups in total. The van der Waals surface area contributed by atoms with E-state index in [-0.39, 0.29) is 12.5 Å². The first-order valence-corrected chi connectivity index (χ1v) is 8.10. The van der Waals surface area contributed by atoms with Crippen LogP contribution in [0.25, 0.3) is 0 Å². The summed E-state index contributed by atoms with van der Waals surface area (Å²) < 4.78 is 5.76. The zero-order chi connectivity index (χ0) is 17.7. The molecule has 0 aliphatic carbocycles. The molecule has 0 heterocycles. The van der Waals surface area contributed by atoms with Gasteiger partial charge < -0.3 is 15.2 Å². The second-order valence-corrected chi connectivity index (χ2v) is 6.32. The summed E-state index contributed by atoms with van der Waals surface area (Å²) in [5, 5.41) is 13.3. The summed E-state index contributed by atoms with van der Waals surface area (Å²) in [6.45, 7) is 7.48. The Kier molecular flexibility index (Phi) is 5.62. The van der Waals surface area contributed by atoms with Gasteiger partial charge in [0.15, 0.2) is 6.10 Å². The minimum absolute atomic E-state index is 0.121. The van der Waals surface area contributed by atoms with Gasteiger partial charge in [-0.15, -0.1) is 0 Å². The maximum atomic E-state index is 12.3. The van der Waals surface area contributed by atoms with E-state index >= 15 is 0 Å². The molecule has 2 aromatic carbocycles. The van der Waals surface area contributed by atoms with E-state index in [4.69, 9.17) is 4.74 Å². The smallest absolute Gasteiger partial charge is 0.260 e. The summed E-state index contributed by atoms with van der Waals surface area (Å²) in [6, 6.07) is 15.0. The molecule has 2 atom stereocenters. The summed E-state index contributed by atoms with van der Waals surface area (Å²) in [5.74, 6) is 0.444. The van der Waals surface area contributed by atoms with Crippen molar-refractivity contribution in [3.05, 3.63) is 65.2 Å². The number of amides is 1. The number of benzene rings is 2. The lowest BCUT2D eigenvalue weighted by Gasteiger charge is -2.25. The maximum Gasteiger partial charge on any atom is 0.260 e. The summed E-state index contributed by atoms with van der Waals surface area (Å²) in [4.78, 5) is 12.3. The van der Waals surface area contributed by atoms with Gasteiger partial charge in [0.05, 0.1) is 6.54 Å². The second kappa shape index (κ2) is 7.49. The molecule has 0 fully saturated rings. The molecule has 4 heteroatoms. The van der Waals surface area contributed by atoms with E-state index in [1.807, 2.05) is 62.4 Å². The summed E-state index contributed by atoms with van der Waals surface area (Å²) in [7, 11) is 0. The Labute approximate surface area is 143 Å². The van der Waals surface area contributed by atoms with Crippen molar-refractivity contribution in [3.63, 3.8) is 0 Å². The first-order chi connectivity index (χ1) is 11.3. The molecule has 0 aromatic heterocycles. The summed E-state index contributed by atoms with van der Waals surface area (Å²) in [6.07, 6.45) is -0.642. The van der Waals surface area contributed by atoms with E-state index in [0.717, 1.165) is 16.7 Å². The lowest BCUT2D eigenvalue weighted by Crippen LogP contribution is -2.43. The van der Waals surface area contributed by atoms with Crippen LogP contribution in [0, 0.1) is 13.8 Å². The van der Waals surface area contributed by atoms with E-state index < -0.39 is 11.7 Å². The van der Waals surface area contributed by atoms with Gasteiger partial charge >= 0.3 is 0 Å². The van der Waals surface area contributed by atoms with Crippen molar-refractivity contribution in [1.82, 2.24) is 5.32 Å². The molecule has 0 aliphatic rings. The van der Waals surface area contributed by atoms with Gasteiger partial charge in [-0.05, 0) is 50.5 Å². The predicted molar refractivity (Wildman–Crippen MR) is 95.0 cm³/mol. The summed E-state index contributed by atoms with van der Waals surface area (Å²) >= 11 is 0. The molecule has 0 radical (unpaired) electrons. The number of carbonyl (C=O) groups excluding carboxylic acids is 1. The van der Waals surface area contributed by atoms with Gasteiger partial charge in [-0.2, -0.15) is 0 Å². The van der Waals surface area contributed by atoms with Crippen LogP contribution in [0.2, 0.25) is 0 Å². The van der Waals surface area contributed by atoms with Crippen LogP contribution < -0.4 is 10.1 Å². The molecule has 2 unspecified atom stereocenters. The number of ether oxygens (including phenoxy) is 1. The van der Waals surface area contributed by atoms with Crippen molar-refractivity contribution in [2.75, 3.05) is 6.54 Å². The van der Waals surface area contributed by atoms with Crippen LogP contribution >= 0.6 is 0 Å². The van der Waals surface area contributed by atoms with Crippen molar-refractivity contribution >= 4 is 5.91 Å². The van der Waals surface area contributed by atoms with E-state index in [1.54, 1.807) is 13.8 Å². The Morgan fingerprint density at radius 3 is 2.50 bits per heavy atom. The van der Waals surface area contributed by atoms with Crippen molar-refractivity contribution in [3.8, 4) is 5.75 Å². The van der Waals surface area contributed by atoms with Crippen LogP contribution in [-0.4, -0.2) is 23.7 Å². The average molecular weight is 327 g/mol. The Bertz CT molecular complexity index is 695. The van der Waals surface area contributed by atoms with E-state index in [9.17, 15) is 9.90 Å². The Morgan fingerprint density at radius 2 is 1.83 bits per heavy atom. The summed E-state index contributed by atoms with van der Waals surface area (Å²) in [5.41, 5.74) is 1.77. The highest BCUT2D eigenvalue weighted by atomic mass is 16.5. The molecular formula is C20H25NO3. The Hall–Kier alpha value is -2.33. The predicted octanol–water partition coefficient (Wildman–Crippen LogP) is 3.09. The molecule has 0 saturated heterocycles. The molecular weight excluding hydrogens is 302 g/mol. The SMILES string of the molecule is Cc1cccc(OC(C)C(=O)NCC(C)(O)c2ccccc2)c1C. The molecule has 1 amide bonds. The van der Waals surface area contributed by atoms with Crippen LogP contribution in [-0.2, 0) is 10.4 Å². The fourth-order valence-electron chi connectivity index (χ4n) is 2.40. The van der Waals surface area contributed by atoms with Crippen LogP contribution in [0.4, 0.5) is 0 Å². The molecule has 4 nitrogen and oxygen atoms in total. The minimum atomic E-state index is -1.13. The lowest BCUT2D eigenvalue weighted by atomic mass is 9.96. The molecule has 0 saturated carbocycles. The third-order valence-electron chi connectivity index (χ3n) is 4.23. The standard InChI is InChI=1S/C20H25NO3/c1-14-9-8-12-18(15(14)2)24-16(3)19(22)21-13-20(4,23)17-10-6-5-7-11-17/h5-12,16,23H,13H2,1-4H3,(H,21,22). The van der Waals surface area contributed by atoms with Crippen molar-refractivity contribution in [2.24, 2.45) is 0 Å². The number of rotatable bonds is 6. The van der Waals surface area contributed by atoms with Crippen LogP contribution in [0.5, 0.6) is 5.75 Å². The number of aliphatic hydroxyl groups is 1. The van der Waals surface area contributed by atoms with Crippen molar-refractivity contribution in [1.29, 1.82) is 0 Å². The molecule has 0 spiro atoms. The third kappa shape index (κ3) is 4.36. The van der Waals surface area contributed by atoms with E-state index in [1.165, 1.54) is 0 Å². The quantitative estimate of drug-likeness (QED) is 0.857. The lowest BCUT2D eigenvalue weighted by molar-refractivity contribution is -0.128. The number of hydrogen-bond acceptors (Lipinski definition) is 3. The zero-order valence-electron chi connectivity index (χ0n) is 14.7. The zero-order valence-corrected chi connectivity index (χ0v) is 14.7. The largest absolute Gasteiger partial charge is 0.481 e.